The summed E-state index contributed by atoms with van der Waals surface area (Å²) in [5.41, 5.74) is 0.316. The van der Waals surface area contributed by atoms with E-state index in [1.807, 2.05) is 0 Å². The molecule has 17 heavy (non-hydrogen) atoms. The number of phenols is 1. The van der Waals surface area contributed by atoms with E-state index >= 15 is 0 Å². The summed E-state index contributed by atoms with van der Waals surface area (Å²) < 4.78 is 18.2. The zero-order chi connectivity index (χ0) is 12.3. The predicted octanol–water partition coefficient (Wildman–Crippen LogP) is 1.40. The minimum absolute atomic E-state index is 0.293. The van der Waals surface area contributed by atoms with Crippen LogP contribution >= 0.6 is 0 Å². The number of halogens is 1. The van der Waals surface area contributed by atoms with Crippen molar-refractivity contribution in [2.45, 2.75) is 0 Å². The highest BCUT2D eigenvalue weighted by Crippen LogP contribution is 2.19. The van der Waals surface area contributed by atoms with Crippen LogP contribution in [0.3, 0.4) is 0 Å². The molecule has 1 fully saturated rings. The Morgan fingerprint density at radius 1 is 1.41 bits per heavy atom. The lowest BCUT2D eigenvalue weighted by Crippen LogP contribution is -2.43. The summed E-state index contributed by atoms with van der Waals surface area (Å²) in [7, 11) is 0. The number of hydrogen-bond donors (Lipinski definition) is 2. The number of nitrogens with zero attached hydrogens (tertiary/aromatic N) is 1. The molecular formula is C11H13FN2O3. The highest BCUT2D eigenvalue weighted by molar-refractivity contribution is 5.89. The lowest BCUT2D eigenvalue weighted by atomic mass is 10.3. The van der Waals surface area contributed by atoms with Crippen molar-refractivity contribution in [3.05, 3.63) is 24.0 Å². The molecule has 0 aliphatic carbocycles. The molecule has 2 rings (SSSR count). The molecule has 1 aromatic carbocycles. The third-order valence-corrected chi connectivity index (χ3v) is 2.50. The zero-order valence-corrected chi connectivity index (χ0v) is 9.15. The number of hydrogen-bond acceptors (Lipinski definition) is 3. The van der Waals surface area contributed by atoms with E-state index in [4.69, 9.17) is 9.84 Å². The molecule has 2 N–H and O–H groups in total. The summed E-state index contributed by atoms with van der Waals surface area (Å²) in [6.45, 7) is 2.06. The van der Waals surface area contributed by atoms with Crippen LogP contribution in [0.2, 0.25) is 0 Å². The first-order valence-corrected chi connectivity index (χ1v) is 5.29. The molecule has 0 aromatic heterocycles. The van der Waals surface area contributed by atoms with E-state index in [9.17, 15) is 9.18 Å². The maximum Gasteiger partial charge on any atom is 0.322 e. The van der Waals surface area contributed by atoms with E-state index in [0.29, 0.717) is 32.0 Å². The second-order valence-corrected chi connectivity index (χ2v) is 3.70. The summed E-state index contributed by atoms with van der Waals surface area (Å²) in [6.07, 6.45) is 0. The van der Waals surface area contributed by atoms with Crippen LogP contribution in [-0.4, -0.2) is 42.3 Å². The van der Waals surface area contributed by atoms with E-state index in [2.05, 4.69) is 5.32 Å². The lowest BCUT2D eigenvalue weighted by molar-refractivity contribution is 0.0564. The third kappa shape index (κ3) is 2.85. The van der Waals surface area contributed by atoms with Gasteiger partial charge in [0.2, 0.25) is 0 Å². The summed E-state index contributed by atoms with van der Waals surface area (Å²) in [4.78, 5) is 13.3. The number of aromatic hydroxyl groups is 1. The molecule has 2 amide bonds. The SMILES string of the molecule is O=C(Nc1ccc(O)c(F)c1)N1CCOCC1. The van der Waals surface area contributed by atoms with Crippen LogP contribution < -0.4 is 5.32 Å². The third-order valence-electron chi connectivity index (χ3n) is 2.50. The number of nitrogens with one attached hydrogen (secondary N) is 1. The van der Waals surface area contributed by atoms with Gasteiger partial charge >= 0.3 is 6.03 Å². The first-order valence-electron chi connectivity index (χ1n) is 5.29. The predicted molar refractivity (Wildman–Crippen MR) is 59.5 cm³/mol. The van der Waals surface area contributed by atoms with Gasteiger partial charge in [0.05, 0.1) is 13.2 Å². The average molecular weight is 240 g/mol. The maximum atomic E-state index is 13.0. The molecular weight excluding hydrogens is 227 g/mol. The number of ether oxygens (including phenoxy) is 1. The van der Waals surface area contributed by atoms with Crippen LogP contribution in [0.4, 0.5) is 14.9 Å². The van der Waals surface area contributed by atoms with Gasteiger partial charge in [-0.2, -0.15) is 0 Å². The second kappa shape index (κ2) is 5.01. The van der Waals surface area contributed by atoms with Gasteiger partial charge in [0, 0.05) is 24.8 Å². The molecule has 0 bridgehead atoms. The molecule has 92 valence electrons. The molecule has 1 saturated heterocycles. The number of morpholine rings is 1. The van der Waals surface area contributed by atoms with Gasteiger partial charge in [-0.3, -0.25) is 0 Å². The van der Waals surface area contributed by atoms with Crippen molar-refractivity contribution >= 4 is 11.7 Å². The molecule has 0 radical (unpaired) electrons. The maximum absolute atomic E-state index is 13.0. The minimum atomic E-state index is -0.759. The van der Waals surface area contributed by atoms with Crippen molar-refractivity contribution in [1.82, 2.24) is 4.90 Å². The number of amides is 2. The van der Waals surface area contributed by atoms with Crippen molar-refractivity contribution in [3.63, 3.8) is 0 Å². The number of carbonyl (C=O) groups is 1. The molecule has 0 unspecified atom stereocenters. The van der Waals surface area contributed by atoms with Crippen LogP contribution in [0.25, 0.3) is 0 Å². The Kier molecular flexibility index (Phi) is 3.43. The first-order chi connectivity index (χ1) is 8.16. The normalized spacial score (nSPS) is 15.7. The molecule has 1 aromatic rings. The van der Waals surface area contributed by atoms with E-state index < -0.39 is 11.6 Å². The minimum Gasteiger partial charge on any atom is -0.505 e. The molecule has 0 atom stereocenters. The molecule has 5 nitrogen and oxygen atoms in total. The van der Waals surface area contributed by atoms with Crippen molar-refractivity contribution in [2.75, 3.05) is 31.6 Å². The van der Waals surface area contributed by atoms with Crippen LogP contribution in [0, 0.1) is 5.82 Å². The van der Waals surface area contributed by atoms with Crippen LogP contribution in [0.1, 0.15) is 0 Å². The number of carbonyl (C=O) groups excluding carboxylic acids is 1. The van der Waals surface area contributed by atoms with E-state index in [-0.39, 0.29) is 6.03 Å². The van der Waals surface area contributed by atoms with Crippen LogP contribution in [0.5, 0.6) is 5.75 Å². The van der Waals surface area contributed by atoms with Crippen molar-refractivity contribution in [1.29, 1.82) is 0 Å². The number of phenolic OH excluding ortho intramolecular Hbond substituents is 1. The van der Waals surface area contributed by atoms with E-state index in [1.54, 1.807) is 4.90 Å². The number of rotatable bonds is 1. The lowest BCUT2D eigenvalue weighted by Gasteiger charge is -2.26. The Balaban J connectivity index is 1.99. The Morgan fingerprint density at radius 3 is 2.76 bits per heavy atom. The van der Waals surface area contributed by atoms with E-state index in [0.717, 1.165) is 6.07 Å². The van der Waals surface area contributed by atoms with Gasteiger partial charge in [0.1, 0.15) is 0 Å². The number of benzene rings is 1. The van der Waals surface area contributed by atoms with E-state index in [1.165, 1.54) is 12.1 Å². The van der Waals surface area contributed by atoms with Gasteiger partial charge in [-0.1, -0.05) is 0 Å². The van der Waals surface area contributed by atoms with Gasteiger partial charge in [-0.15, -0.1) is 0 Å². The highest BCUT2D eigenvalue weighted by Gasteiger charge is 2.16. The Morgan fingerprint density at radius 2 is 2.12 bits per heavy atom. The number of anilines is 1. The monoisotopic (exact) mass is 240 g/mol. The first kappa shape index (κ1) is 11.7. The van der Waals surface area contributed by atoms with Crippen molar-refractivity contribution < 1.29 is 19.0 Å². The van der Waals surface area contributed by atoms with Crippen molar-refractivity contribution in [3.8, 4) is 5.75 Å². The van der Waals surface area contributed by atoms with Gasteiger partial charge in [0.15, 0.2) is 11.6 Å². The molecule has 1 heterocycles. The largest absolute Gasteiger partial charge is 0.505 e. The smallest absolute Gasteiger partial charge is 0.322 e. The topological polar surface area (TPSA) is 61.8 Å². The summed E-state index contributed by atoms with van der Waals surface area (Å²) in [6, 6.07) is 3.42. The van der Waals surface area contributed by atoms with Crippen LogP contribution in [-0.2, 0) is 4.74 Å². The van der Waals surface area contributed by atoms with Gasteiger partial charge in [-0.05, 0) is 12.1 Å². The fourth-order valence-electron chi connectivity index (χ4n) is 1.55. The molecule has 0 saturated carbocycles. The summed E-state index contributed by atoms with van der Waals surface area (Å²) >= 11 is 0. The van der Waals surface area contributed by atoms with Gasteiger partial charge in [0.25, 0.3) is 0 Å². The Labute approximate surface area is 97.8 Å². The Bertz CT molecular complexity index is 419. The molecule has 1 aliphatic heterocycles. The molecule has 0 spiro atoms. The molecule has 1 aliphatic rings. The summed E-state index contributed by atoms with van der Waals surface area (Å²) in [5, 5.41) is 11.6. The summed E-state index contributed by atoms with van der Waals surface area (Å²) in [5.74, 6) is -1.20. The zero-order valence-electron chi connectivity index (χ0n) is 9.15. The average Bonchev–Trinajstić information content (AvgIpc) is 2.35. The van der Waals surface area contributed by atoms with Crippen molar-refractivity contribution in [2.24, 2.45) is 0 Å². The van der Waals surface area contributed by atoms with Gasteiger partial charge < -0.3 is 20.1 Å². The second-order valence-electron chi connectivity index (χ2n) is 3.70. The van der Waals surface area contributed by atoms with Crippen LogP contribution in [0.15, 0.2) is 18.2 Å². The quantitative estimate of drug-likeness (QED) is 0.729. The fraction of sp³-hybridized carbons (Fsp3) is 0.364. The van der Waals surface area contributed by atoms with Gasteiger partial charge in [-0.25, -0.2) is 9.18 Å². The number of urea groups is 1. The Hall–Kier alpha value is -1.82. The highest BCUT2D eigenvalue weighted by atomic mass is 19.1. The standard InChI is InChI=1S/C11H13FN2O3/c12-9-7-8(1-2-10(9)15)13-11(16)14-3-5-17-6-4-14/h1-2,7,15H,3-6H2,(H,13,16). The molecule has 6 heteroatoms. The fourth-order valence-corrected chi connectivity index (χ4v) is 1.55.